The smallest absolute Gasteiger partial charge is 0.0547 e. The quantitative estimate of drug-likeness (QED) is 0.843. The molecule has 2 aliphatic heterocycles. The Hall–Kier alpha value is -0.120. The molecule has 0 amide bonds. The van der Waals surface area contributed by atoms with Gasteiger partial charge in [0.05, 0.1) is 6.61 Å². The van der Waals surface area contributed by atoms with Gasteiger partial charge in [0, 0.05) is 37.2 Å². The van der Waals surface area contributed by atoms with Crippen molar-refractivity contribution < 1.29 is 4.74 Å². The van der Waals surface area contributed by atoms with E-state index in [4.69, 9.17) is 4.74 Å². The van der Waals surface area contributed by atoms with Crippen LogP contribution in [0.25, 0.3) is 0 Å². The van der Waals surface area contributed by atoms with Crippen LogP contribution in [0.5, 0.6) is 0 Å². The van der Waals surface area contributed by atoms with Gasteiger partial charge >= 0.3 is 0 Å². The summed E-state index contributed by atoms with van der Waals surface area (Å²) in [4.78, 5) is 2.85. The Balaban J connectivity index is 1.64. The normalized spacial score (nSPS) is 37.9. The molecule has 3 fully saturated rings. The molecule has 1 aliphatic carbocycles. The standard InChI is InChI=1S/C18H34N2O/c1-15(2)19-12-18(9-11-21-14-18)13-20-10-5-7-16-6-3-4-8-17(16)20/h15-17,19H,3-14H2,1-2H3/t16-,17-,18?/m1/s1. The van der Waals surface area contributed by atoms with E-state index < -0.39 is 0 Å². The largest absolute Gasteiger partial charge is 0.381 e. The molecule has 2 saturated heterocycles. The molecule has 3 atom stereocenters. The van der Waals surface area contributed by atoms with E-state index in [2.05, 4.69) is 24.1 Å². The van der Waals surface area contributed by atoms with Gasteiger partial charge in [-0.05, 0) is 44.6 Å². The van der Waals surface area contributed by atoms with Crippen molar-refractivity contribution in [3.63, 3.8) is 0 Å². The van der Waals surface area contributed by atoms with Crippen LogP contribution in [0.15, 0.2) is 0 Å². The van der Waals surface area contributed by atoms with E-state index >= 15 is 0 Å². The van der Waals surface area contributed by atoms with E-state index in [0.717, 1.165) is 31.7 Å². The minimum Gasteiger partial charge on any atom is -0.381 e. The van der Waals surface area contributed by atoms with Gasteiger partial charge in [-0.15, -0.1) is 0 Å². The lowest BCUT2D eigenvalue weighted by Gasteiger charge is -2.47. The van der Waals surface area contributed by atoms with Crippen molar-refractivity contribution in [3.05, 3.63) is 0 Å². The fourth-order valence-electron chi connectivity index (χ4n) is 4.75. The minimum atomic E-state index is 0.365. The second kappa shape index (κ2) is 6.97. The van der Waals surface area contributed by atoms with Gasteiger partial charge in [-0.3, -0.25) is 4.90 Å². The predicted octanol–water partition coefficient (Wildman–Crippen LogP) is 3.05. The second-order valence-electron chi connectivity index (χ2n) is 8.06. The topological polar surface area (TPSA) is 24.5 Å². The van der Waals surface area contributed by atoms with Crippen molar-refractivity contribution in [1.29, 1.82) is 0 Å². The number of hydrogen-bond donors (Lipinski definition) is 1. The lowest BCUT2D eigenvalue weighted by molar-refractivity contribution is 0.0183. The first-order valence-corrected chi connectivity index (χ1v) is 9.24. The van der Waals surface area contributed by atoms with Crippen LogP contribution in [-0.2, 0) is 4.74 Å². The fourth-order valence-corrected chi connectivity index (χ4v) is 4.75. The number of hydrogen-bond acceptors (Lipinski definition) is 3. The molecule has 2 heterocycles. The van der Waals surface area contributed by atoms with E-state index in [1.54, 1.807) is 0 Å². The number of piperidine rings is 1. The molecule has 3 aliphatic rings. The van der Waals surface area contributed by atoms with Crippen LogP contribution >= 0.6 is 0 Å². The van der Waals surface area contributed by atoms with Gasteiger partial charge in [0.2, 0.25) is 0 Å². The Labute approximate surface area is 130 Å². The summed E-state index contributed by atoms with van der Waals surface area (Å²) in [6.45, 7) is 10.1. The summed E-state index contributed by atoms with van der Waals surface area (Å²) < 4.78 is 5.80. The second-order valence-corrected chi connectivity index (χ2v) is 8.06. The highest BCUT2D eigenvalue weighted by Crippen LogP contribution is 2.38. The first-order valence-electron chi connectivity index (χ1n) is 9.24. The Morgan fingerprint density at radius 2 is 2.00 bits per heavy atom. The van der Waals surface area contributed by atoms with Gasteiger partial charge in [0.1, 0.15) is 0 Å². The van der Waals surface area contributed by atoms with Crippen LogP contribution in [0.4, 0.5) is 0 Å². The summed E-state index contributed by atoms with van der Waals surface area (Å²) in [6, 6.07) is 1.45. The van der Waals surface area contributed by atoms with Crippen molar-refractivity contribution in [2.75, 3.05) is 32.8 Å². The van der Waals surface area contributed by atoms with Gasteiger partial charge in [0.25, 0.3) is 0 Å². The van der Waals surface area contributed by atoms with Crippen LogP contribution in [-0.4, -0.2) is 49.8 Å². The predicted molar refractivity (Wildman–Crippen MR) is 87.6 cm³/mol. The summed E-state index contributed by atoms with van der Waals surface area (Å²) in [5.74, 6) is 0.991. The summed E-state index contributed by atoms with van der Waals surface area (Å²) in [5, 5.41) is 3.68. The molecule has 0 radical (unpaired) electrons. The molecule has 3 nitrogen and oxygen atoms in total. The number of nitrogens with zero attached hydrogens (tertiary/aromatic N) is 1. The number of ether oxygens (including phenoxy) is 1. The van der Waals surface area contributed by atoms with Crippen LogP contribution in [0, 0.1) is 11.3 Å². The maximum Gasteiger partial charge on any atom is 0.0547 e. The SMILES string of the molecule is CC(C)NCC1(CN2CCC[C@H]3CCCC[C@H]32)CCOC1. The fraction of sp³-hybridized carbons (Fsp3) is 1.00. The number of likely N-dealkylation sites (tertiary alicyclic amines) is 1. The lowest BCUT2D eigenvalue weighted by Crippen LogP contribution is -2.53. The van der Waals surface area contributed by atoms with Crippen LogP contribution in [0.3, 0.4) is 0 Å². The van der Waals surface area contributed by atoms with Crippen LogP contribution < -0.4 is 5.32 Å². The van der Waals surface area contributed by atoms with E-state index in [1.807, 2.05) is 0 Å². The number of nitrogens with one attached hydrogen (secondary N) is 1. The van der Waals surface area contributed by atoms with Gasteiger partial charge in [-0.25, -0.2) is 0 Å². The molecule has 0 spiro atoms. The maximum absolute atomic E-state index is 5.80. The number of rotatable bonds is 5. The molecular formula is C18H34N2O. The van der Waals surface area contributed by atoms with E-state index in [9.17, 15) is 0 Å². The van der Waals surface area contributed by atoms with Crippen molar-refractivity contribution in [2.24, 2.45) is 11.3 Å². The van der Waals surface area contributed by atoms with Crippen molar-refractivity contribution >= 4 is 0 Å². The van der Waals surface area contributed by atoms with Gasteiger partial charge in [-0.1, -0.05) is 26.7 Å². The molecule has 1 unspecified atom stereocenters. The molecule has 21 heavy (non-hydrogen) atoms. The zero-order valence-electron chi connectivity index (χ0n) is 14.1. The van der Waals surface area contributed by atoms with Gasteiger partial charge in [-0.2, -0.15) is 0 Å². The first-order chi connectivity index (χ1) is 10.2. The molecule has 0 bridgehead atoms. The molecule has 1 saturated carbocycles. The zero-order chi connectivity index (χ0) is 14.7. The Morgan fingerprint density at radius 1 is 1.19 bits per heavy atom. The summed E-state index contributed by atoms with van der Waals surface area (Å²) in [6.07, 6.45) is 9.98. The van der Waals surface area contributed by atoms with E-state index in [-0.39, 0.29) is 0 Å². The average molecular weight is 294 g/mol. The highest BCUT2D eigenvalue weighted by Gasteiger charge is 2.41. The molecule has 0 aromatic rings. The Morgan fingerprint density at radius 3 is 2.76 bits per heavy atom. The van der Waals surface area contributed by atoms with E-state index in [0.29, 0.717) is 11.5 Å². The Kier molecular flexibility index (Phi) is 5.23. The molecule has 0 aromatic carbocycles. The molecule has 3 heteroatoms. The summed E-state index contributed by atoms with van der Waals surface area (Å²) >= 11 is 0. The molecule has 3 rings (SSSR count). The van der Waals surface area contributed by atoms with Crippen LogP contribution in [0.1, 0.15) is 58.8 Å². The summed E-state index contributed by atoms with van der Waals surface area (Å²) in [5.41, 5.74) is 0.365. The van der Waals surface area contributed by atoms with Crippen molar-refractivity contribution in [2.45, 2.75) is 70.9 Å². The third kappa shape index (κ3) is 3.80. The summed E-state index contributed by atoms with van der Waals surface area (Å²) in [7, 11) is 0. The highest BCUT2D eigenvalue weighted by atomic mass is 16.5. The van der Waals surface area contributed by atoms with Crippen LogP contribution in [0.2, 0.25) is 0 Å². The zero-order valence-corrected chi connectivity index (χ0v) is 14.1. The monoisotopic (exact) mass is 294 g/mol. The van der Waals surface area contributed by atoms with Gasteiger partial charge < -0.3 is 10.1 Å². The molecule has 122 valence electrons. The van der Waals surface area contributed by atoms with E-state index in [1.165, 1.54) is 58.0 Å². The third-order valence-electron chi connectivity index (χ3n) is 5.97. The lowest BCUT2D eigenvalue weighted by atomic mass is 9.76. The number of fused-ring (bicyclic) bond motifs is 1. The molecule has 0 aromatic heterocycles. The molecular weight excluding hydrogens is 260 g/mol. The third-order valence-corrected chi connectivity index (χ3v) is 5.97. The highest BCUT2D eigenvalue weighted by molar-refractivity contribution is 4.94. The van der Waals surface area contributed by atoms with Crippen molar-refractivity contribution in [3.8, 4) is 0 Å². The van der Waals surface area contributed by atoms with Crippen molar-refractivity contribution in [1.82, 2.24) is 10.2 Å². The first kappa shape index (κ1) is 15.8. The maximum atomic E-state index is 5.80. The van der Waals surface area contributed by atoms with Gasteiger partial charge in [0.15, 0.2) is 0 Å². The minimum absolute atomic E-state index is 0.365. The average Bonchev–Trinajstić information content (AvgIpc) is 2.95. The Bertz CT molecular complexity index is 323. The molecule has 1 N–H and O–H groups in total.